The van der Waals surface area contributed by atoms with Gasteiger partial charge in [0, 0.05) is 31.8 Å². The lowest BCUT2D eigenvalue weighted by atomic mass is 9.97. The summed E-state index contributed by atoms with van der Waals surface area (Å²) in [7, 11) is 3.92. The van der Waals surface area contributed by atoms with Crippen LogP contribution in [0.1, 0.15) is 40.0 Å². The van der Waals surface area contributed by atoms with Gasteiger partial charge in [0.1, 0.15) is 0 Å². The Morgan fingerprint density at radius 1 is 1.36 bits per heavy atom. The maximum atomic E-state index is 11.8. The summed E-state index contributed by atoms with van der Waals surface area (Å²) < 4.78 is 0. The average molecular weight is 197 g/mol. The number of nitrogens with zero attached hydrogens (tertiary/aromatic N) is 1. The highest BCUT2D eigenvalue weighted by Gasteiger charge is 2.13. The van der Waals surface area contributed by atoms with Gasteiger partial charge in [-0.3, -0.25) is 4.79 Å². The molecule has 0 N–H and O–H groups in total. The van der Waals surface area contributed by atoms with Gasteiger partial charge in [-0.2, -0.15) is 0 Å². The number of rotatable bonds is 6. The molecule has 0 aromatic heterocycles. The number of allylic oxidation sites excluding steroid dienone is 1. The van der Waals surface area contributed by atoms with Crippen LogP contribution in [0.3, 0.4) is 0 Å². The van der Waals surface area contributed by atoms with Gasteiger partial charge >= 0.3 is 0 Å². The van der Waals surface area contributed by atoms with Crippen LogP contribution in [-0.4, -0.2) is 24.8 Å². The quantitative estimate of drug-likeness (QED) is 0.610. The van der Waals surface area contributed by atoms with Crippen molar-refractivity contribution in [1.29, 1.82) is 0 Å². The van der Waals surface area contributed by atoms with Crippen molar-refractivity contribution in [1.82, 2.24) is 4.90 Å². The third kappa shape index (κ3) is 5.05. The van der Waals surface area contributed by atoms with Crippen LogP contribution in [0.2, 0.25) is 0 Å². The number of hydrogen-bond acceptors (Lipinski definition) is 2. The highest BCUT2D eigenvalue weighted by molar-refractivity contribution is 5.96. The van der Waals surface area contributed by atoms with E-state index in [2.05, 4.69) is 6.92 Å². The van der Waals surface area contributed by atoms with E-state index < -0.39 is 0 Å². The molecule has 0 aromatic rings. The summed E-state index contributed by atoms with van der Waals surface area (Å²) in [6.45, 7) is 6.06. The molecule has 0 saturated heterocycles. The Morgan fingerprint density at radius 2 is 1.93 bits per heavy atom. The van der Waals surface area contributed by atoms with Crippen LogP contribution in [0.4, 0.5) is 0 Å². The predicted octanol–water partition coefficient (Wildman–Crippen LogP) is 2.85. The molecule has 0 amide bonds. The van der Waals surface area contributed by atoms with Gasteiger partial charge in [0.05, 0.1) is 0 Å². The SMILES string of the molecule is CCCC/C(=C/N(C)C)C(=O)C(C)C. The number of Topliss-reactive ketones (excluding diaryl/α,β-unsaturated/α-hetero) is 1. The van der Waals surface area contributed by atoms with Crippen molar-refractivity contribution in [3.63, 3.8) is 0 Å². The molecule has 0 spiro atoms. The topological polar surface area (TPSA) is 20.3 Å². The largest absolute Gasteiger partial charge is 0.383 e. The average Bonchev–Trinajstić information content (AvgIpc) is 2.10. The van der Waals surface area contributed by atoms with Gasteiger partial charge in [0.15, 0.2) is 5.78 Å². The number of unbranched alkanes of at least 4 members (excludes halogenated alkanes) is 1. The molecule has 0 saturated carbocycles. The molecule has 0 heterocycles. The van der Waals surface area contributed by atoms with Gasteiger partial charge in [-0.1, -0.05) is 27.2 Å². The first-order valence-electron chi connectivity index (χ1n) is 5.40. The summed E-state index contributed by atoms with van der Waals surface area (Å²) in [4.78, 5) is 13.7. The second kappa shape index (κ2) is 6.63. The molecule has 2 nitrogen and oxygen atoms in total. The summed E-state index contributed by atoms with van der Waals surface area (Å²) in [5.74, 6) is 0.394. The molecule has 0 aromatic carbocycles. The summed E-state index contributed by atoms with van der Waals surface area (Å²) in [5, 5.41) is 0. The lowest BCUT2D eigenvalue weighted by Gasteiger charge is -2.12. The molecule has 14 heavy (non-hydrogen) atoms. The van der Waals surface area contributed by atoms with Gasteiger partial charge in [-0.05, 0) is 12.8 Å². The van der Waals surface area contributed by atoms with Crippen LogP contribution in [0, 0.1) is 5.92 Å². The molecule has 0 fully saturated rings. The number of carbonyl (C=O) groups is 1. The Labute approximate surface area is 88.0 Å². The van der Waals surface area contributed by atoms with E-state index in [0.29, 0.717) is 0 Å². The zero-order valence-electron chi connectivity index (χ0n) is 10.1. The van der Waals surface area contributed by atoms with Crippen molar-refractivity contribution in [2.24, 2.45) is 5.92 Å². The summed E-state index contributed by atoms with van der Waals surface area (Å²) >= 11 is 0. The summed E-state index contributed by atoms with van der Waals surface area (Å²) in [6, 6.07) is 0. The first-order chi connectivity index (χ1) is 6.49. The maximum absolute atomic E-state index is 11.8. The normalized spacial score (nSPS) is 12.0. The smallest absolute Gasteiger partial charge is 0.162 e. The van der Waals surface area contributed by atoms with Crippen molar-refractivity contribution >= 4 is 5.78 Å². The maximum Gasteiger partial charge on any atom is 0.162 e. The van der Waals surface area contributed by atoms with Crippen LogP contribution in [0.15, 0.2) is 11.8 Å². The number of hydrogen-bond donors (Lipinski definition) is 0. The Kier molecular flexibility index (Phi) is 6.26. The molecule has 0 aliphatic rings. The van der Waals surface area contributed by atoms with Gasteiger partial charge < -0.3 is 4.90 Å². The zero-order valence-corrected chi connectivity index (χ0v) is 10.1. The molecule has 2 heteroatoms. The summed E-state index contributed by atoms with van der Waals surface area (Å²) in [6.07, 6.45) is 5.10. The van der Waals surface area contributed by atoms with E-state index in [1.807, 2.05) is 39.0 Å². The van der Waals surface area contributed by atoms with Gasteiger partial charge in [0.25, 0.3) is 0 Å². The van der Waals surface area contributed by atoms with E-state index in [-0.39, 0.29) is 11.7 Å². The van der Waals surface area contributed by atoms with E-state index >= 15 is 0 Å². The minimum Gasteiger partial charge on any atom is -0.383 e. The van der Waals surface area contributed by atoms with E-state index in [9.17, 15) is 4.79 Å². The molecule has 0 radical (unpaired) electrons. The fourth-order valence-corrected chi connectivity index (χ4v) is 1.30. The highest BCUT2D eigenvalue weighted by Crippen LogP contribution is 2.13. The first kappa shape index (κ1) is 13.2. The van der Waals surface area contributed by atoms with E-state index in [1.54, 1.807) is 0 Å². The highest BCUT2D eigenvalue weighted by atomic mass is 16.1. The lowest BCUT2D eigenvalue weighted by Crippen LogP contribution is -2.14. The molecule has 0 atom stereocenters. The Bertz CT molecular complexity index is 204. The van der Waals surface area contributed by atoms with E-state index in [0.717, 1.165) is 24.8 Å². The number of ketones is 1. The van der Waals surface area contributed by atoms with Crippen LogP contribution in [0.5, 0.6) is 0 Å². The fraction of sp³-hybridized carbons (Fsp3) is 0.750. The van der Waals surface area contributed by atoms with Crippen LogP contribution >= 0.6 is 0 Å². The van der Waals surface area contributed by atoms with Crippen LogP contribution < -0.4 is 0 Å². The van der Waals surface area contributed by atoms with Gasteiger partial charge in [-0.15, -0.1) is 0 Å². The minimum absolute atomic E-state index is 0.109. The number of carbonyl (C=O) groups excluding carboxylic acids is 1. The molecular weight excluding hydrogens is 174 g/mol. The molecule has 0 rings (SSSR count). The summed E-state index contributed by atoms with van der Waals surface area (Å²) in [5.41, 5.74) is 0.965. The Hall–Kier alpha value is -0.790. The molecular formula is C12H23NO. The van der Waals surface area contributed by atoms with Crippen molar-refractivity contribution < 1.29 is 4.79 Å². The molecule has 0 aliphatic carbocycles. The third-order valence-corrected chi connectivity index (χ3v) is 2.05. The predicted molar refractivity (Wildman–Crippen MR) is 61.1 cm³/mol. The zero-order chi connectivity index (χ0) is 11.1. The van der Waals surface area contributed by atoms with Crippen molar-refractivity contribution in [3.8, 4) is 0 Å². The molecule has 0 unspecified atom stereocenters. The van der Waals surface area contributed by atoms with Crippen molar-refractivity contribution in [2.45, 2.75) is 40.0 Å². The molecule has 0 aliphatic heterocycles. The fourth-order valence-electron chi connectivity index (χ4n) is 1.30. The Balaban J connectivity index is 4.47. The molecule has 0 bridgehead atoms. The standard InChI is InChI=1S/C12H23NO/c1-6-7-8-11(9-13(4)5)12(14)10(2)3/h9-10H,6-8H2,1-5H3/b11-9-. The second-order valence-electron chi connectivity index (χ2n) is 4.24. The second-order valence-corrected chi connectivity index (χ2v) is 4.24. The Morgan fingerprint density at radius 3 is 2.29 bits per heavy atom. The monoisotopic (exact) mass is 197 g/mol. The lowest BCUT2D eigenvalue weighted by molar-refractivity contribution is -0.118. The van der Waals surface area contributed by atoms with Crippen molar-refractivity contribution in [2.75, 3.05) is 14.1 Å². The van der Waals surface area contributed by atoms with Crippen LogP contribution in [-0.2, 0) is 4.79 Å². The van der Waals surface area contributed by atoms with E-state index in [4.69, 9.17) is 0 Å². The minimum atomic E-state index is 0.109. The van der Waals surface area contributed by atoms with Crippen molar-refractivity contribution in [3.05, 3.63) is 11.8 Å². The van der Waals surface area contributed by atoms with E-state index in [1.165, 1.54) is 0 Å². The molecule has 82 valence electrons. The van der Waals surface area contributed by atoms with Crippen LogP contribution in [0.25, 0.3) is 0 Å². The third-order valence-electron chi connectivity index (χ3n) is 2.05. The van der Waals surface area contributed by atoms with Gasteiger partial charge in [0.2, 0.25) is 0 Å². The first-order valence-corrected chi connectivity index (χ1v) is 5.40. The van der Waals surface area contributed by atoms with Gasteiger partial charge in [-0.25, -0.2) is 0 Å².